The lowest BCUT2D eigenvalue weighted by Crippen LogP contribution is -2.39. The number of guanidine groups is 1. The largest absolute Gasteiger partial charge is 0.496 e. The molecule has 7 nitrogen and oxygen atoms in total. The Morgan fingerprint density at radius 1 is 1.12 bits per heavy atom. The number of sulfonamides is 1. The number of rotatable bonds is 7. The molecule has 0 aromatic heterocycles. The molecule has 9 heteroatoms. The fraction of sp³-hybridized carbons (Fsp3) is 0.435. The number of piperidine rings is 1. The molecule has 2 N–H and O–H groups in total. The number of nitrogens with one attached hydrogen (secondary N) is 2. The van der Waals surface area contributed by atoms with Crippen LogP contribution in [-0.4, -0.2) is 45.9 Å². The monoisotopic (exact) mass is 572 g/mol. The summed E-state index contributed by atoms with van der Waals surface area (Å²) < 4.78 is 32.8. The van der Waals surface area contributed by atoms with E-state index < -0.39 is 10.0 Å². The fourth-order valence-corrected chi connectivity index (χ4v) is 5.33. The smallest absolute Gasteiger partial charge is 0.243 e. The molecule has 32 heavy (non-hydrogen) atoms. The van der Waals surface area contributed by atoms with Crippen molar-refractivity contribution in [2.45, 2.75) is 37.8 Å². The maximum atomic E-state index is 12.9. The van der Waals surface area contributed by atoms with E-state index in [-0.39, 0.29) is 24.0 Å². The van der Waals surface area contributed by atoms with Crippen LogP contribution in [0.15, 0.2) is 58.4 Å². The van der Waals surface area contributed by atoms with Gasteiger partial charge in [0.05, 0.1) is 12.0 Å². The molecule has 1 aliphatic heterocycles. The molecular formula is C23H33IN4O3S. The van der Waals surface area contributed by atoms with Crippen molar-refractivity contribution < 1.29 is 13.2 Å². The number of methoxy groups -OCH3 is 1. The van der Waals surface area contributed by atoms with E-state index in [9.17, 15) is 8.42 Å². The summed E-state index contributed by atoms with van der Waals surface area (Å²) in [5.41, 5.74) is 2.01. The second kappa shape index (κ2) is 12.4. The molecule has 0 amide bonds. The van der Waals surface area contributed by atoms with Gasteiger partial charge in [0.2, 0.25) is 10.0 Å². The molecule has 176 valence electrons. The number of hydrogen-bond acceptors (Lipinski definition) is 4. The molecular weight excluding hydrogens is 539 g/mol. The quantitative estimate of drug-likeness (QED) is 0.301. The number of para-hydroxylation sites is 1. The molecule has 1 atom stereocenters. The Labute approximate surface area is 208 Å². The molecule has 0 saturated carbocycles. The average Bonchev–Trinajstić information content (AvgIpc) is 2.79. The minimum Gasteiger partial charge on any atom is -0.496 e. The third kappa shape index (κ3) is 6.82. The summed E-state index contributed by atoms with van der Waals surface area (Å²) in [7, 11) is -0.0590. The molecule has 1 unspecified atom stereocenters. The molecule has 1 saturated heterocycles. The SMILES string of the molecule is CN=C(NCc1ccc(S(=O)(=O)N2CCCC(C)C2)cc1)NCc1ccccc1OC.I. The van der Waals surface area contributed by atoms with Crippen molar-refractivity contribution in [3.05, 3.63) is 59.7 Å². The first-order valence-corrected chi connectivity index (χ1v) is 12.0. The highest BCUT2D eigenvalue weighted by molar-refractivity contribution is 14.0. The minimum absolute atomic E-state index is 0. The first kappa shape index (κ1) is 26.4. The summed E-state index contributed by atoms with van der Waals surface area (Å²) >= 11 is 0. The van der Waals surface area contributed by atoms with Crippen LogP contribution in [0.4, 0.5) is 0 Å². The summed E-state index contributed by atoms with van der Waals surface area (Å²) in [5, 5.41) is 6.53. The highest BCUT2D eigenvalue weighted by Gasteiger charge is 2.28. The minimum atomic E-state index is -3.43. The normalized spacial score (nSPS) is 17.3. The van der Waals surface area contributed by atoms with E-state index in [4.69, 9.17) is 4.74 Å². The Bertz CT molecular complexity index is 997. The van der Waals surface area contributed by atoms with Crippen molar-refractivity contribution in [2.75, 3.05) is 27.2 Å². The summed E-state index contributed by atoms with van der Waals surface area (Å²) in [6.45, 7) is 4.41. The van der Waals surface area contributed by atoms with Crippen LogP contribution in [0.5, 0.6) is 5.75 Å². The third-order valence-corrected chi connectivity index (χ3v) is 7.38. The Balaban J connectivity index is 0.00000363. The van der Waals surface area contributed by atoms with Crippen molar-refractivity contribution in [1.29, 1.82) is 0 Å². The summed E-state index contributed by atoms with van der Waals surface area (Å²) in [4.78, 5) is 4.60. The standard InChI is InChI=1S/C23H32N4O3S.HI/c1-18-7-6-14-27(17-18)31(28,29)21-12-10-19(11-13-21)15-25-23(24-2)26-16-20-8-4-5-9-22(20)30-3;/h4-5,8-13,18H,6-7,14-17H2,1-3H3,(H2,24,25,26);1H. The van der Waals surface area contributed by atoms with Gasteiger partial charge in [-0.25, -0.2) is 8.42 Å². The predicted octanol–water partition coefficient (Wildman–Crippen LogP) is 3.60. The van der Waals surface area contributed by atoms with Crippen molar-refractivity contribution in [3.8, 4) is 5.75 Å². The van der Waals surface area contributed by atoms with Gasteiger partial charge in [0.15, 0.2) is 5.96 Å². The van der Waals surface area contributed by atoms with Gasteiger partial charge in [0, 0.05) is 38.8 Å². The van der Waals surface area contributed by atoms with Gasteiger partial charge in [-0.1, -0.05) is 37.3 Å². The van der Waals surface area contributed by atoms with Crippen LogP contribution in [-0.2, 0) is 23.1 Å². The summed E-state index contributed by atoms with van der Waals surface area (Å²) in [6, 6.07) is 14.9. The molecule has 0 spiro atoms. The number of benzene rings is 2. The first-order valence-electron chi connectivity index (χ1n) is 10.6. The van der Waals surface area contributed by atoms with E-state index in [2.05, 4.69) is 22.5 Å². The number of nitrogens with zero attached hydrogens (tertiary/aromatic N) is 2. The average molecular weight is 573 g/mol. The maximum Gasteiger partial charge on any atom is 0.243 e. The van der Waals surface area contributed by atoms with Crippen LogP contribution >= 0.6 is 24.0 Å². The lowest BCUT2D eigenvalue weighted by atomic mass is 10.0. The molecule has 2 aromatic carbocycles. The molecule has 0 bridgehead atoms. The van der Waals surface area contributed by atoms with Crippen LogP contribution in [0.25, 0.3) is 0 Å². The molecule has 1 heterocycles. The zero-order valence-corrected chi connectivity index (χ0v) is 22.0. The Kier molecular flexibility index (Phi) is 10.2. The van der Waals surface area contributed by atoms with Gasteiger partial charge < -0.3 is 15.4 Å². The van der Waals surface area contributed by atoms with Gasteiger partial charge in [-0.3, -0.25) is 4.99 Å². The van der Waals surface area contributed by atoms with Gasteiger partial charge in [-0.15, -0.1) is 24.0 Å². The van der Waals surface area contributed by atoms with Crippen molar-refractivity contribution in [3.63, 3.8) is 0 Å². The highest BCUT2D eigenvalue weighted by atomic mass is 127. The number of aliphatic imine (C=N–C) groups is 1. The second-order valence-electron chi connectivity index (χ2n) is 7.85. The lowest BCUT2D eigenvalue weighted by Gasteiger charge is -2.30. The lowest BCUT2D eigenvalue weighted by molar-refractivity contribution is 0.281. The Hall–Kier alpha value is -1.85. The Morgan fingerprint density at radius 2 is 1.81 bits per heavy atom. The van der Waals surface area contributed by atoms with E-state index in [1.165, 1.54) is 0 Å². The second-order valence-corrected chi connectivity index (χ2v) is 9.78. The maximum absolute atomic E-state index is 12.9. The molecule has 1 fully saturated rings. The van der Waals surface area contributed by atoms with Gasteiger partial charge in [0.25, 0.3) is 0 Å². The van der Waals surface area contributed by atoms with Gasteiger partial charge >= 0.3 is 0 Å². The van der Waals surface area contributed by atoms with Crippen molar-refractivity contribution in [2.24, 2.45) is 10.9 Å². The van der Waals surface area contributed by atoms with Gasteiger partial charge in [0.1, 0.15) is 5.75 Å². The first-order chi connectivity index (χ1) is 14.9. The molecule has 1 aliphatic rings. The molecule has 2 aromatic rings. The zero-order valence-electron chi connectivity index (χ0n) is 18.9. The predicted molar refractivity (Wildman–Crippen MR) is 139 cm³/mol. The fourth-order valence-electron chi connectivity index (χ4n) is 3.73. The van der Waals surface area contributed by atoms with E-state index in [0.717, 1.165) is 29.7 Å². The van der Waals surface area contributed by atoms with Crippen LogP contribution in [0.1, 0.15) is 30.9 Å². The van der Waals surface area contributed by atoms with Crippen molar-refractivity contribution >= 4 is 40.0 Å². The Morgan fingerprint density at radius 3 is 2.47 bits per heavy atom. The summed E-state index contributed by atoms with van der Waals surface area (Å²) in [5.74, 6) is 1.89. The third-order valence-electron chi connectivity index (χ3n) is 5.50. The number of ether oxygens (including phenoxy) is 1. The van der Waals surface area contributed by atoms with Gasteiger partial charge in [-0.05, 0) is 42.5 Å². The molecule has 0 aliphatic carbocycles. The van der Waals surface area contributed by atoms with Crippen LogP contribution in [0.2, 0.25) is 0 Å². The zero-order chi connectivity index (χ0) is 22.3. The molecule has 3 rings (SSSR count). The topological polar surface area (TPSA) is 83.0 Å². The number of halogens is 1. The van der Waals surface area contributed by atoms with Crippen LogP contribution < -0.4 is 15.4 Å². The number of hydrogen-bond donors (Lipinski definition) is 2. The van der Waals surface area contributed by atoms with Gasteiger partial charge in [-0.2, -0.15) is 4.31 Å². The van der Waals surface area contributed by atoms with E-state index in [0.29, 0.717) is 43.0 Å². The van der Waals surface area contributed by atoms with Crippen LogP contribution in [0.3, 0.4) is 0 Å². The highest BCUT2D eigenvalue weighted by Crippen LogP contribution is 2.23. The van der Waals surface area contributed by atoms with Crippen molar-refractivity contribution in [1.82, 2.24) is 14.9 Å². The van der Waals surface area contributed by atoms with Crippen LogP contribution in [0, 0.1) is 5.92 Å². The van der Waals surface area contributed by atoms with E-state index in [1.54, 1.807) is 30.6 Å². The summed E-state index contributed by atoms with van der Waals surface area (Å²) in [6.07, 6.45) is 2.01. The molecule has 0 radical (unpaired) electrons. The van der Waals surface area contributed by atoms with E-state index in [1.807, 2.05) is 36.4 Å². The van der Waals surface area contributed by atoms with E-state index >= 15 is 0 Å².